The third-order valence-corrected chi connectivity index (χ3v) is 2.83. The number of carbonyl (C=O) groups excluding carboxylic acids is 2. The minimum absolute atomic E-state index is 0.0434. The van der Waals surface area contributed by atoms with Gasteiger partial charge >= 0.3 is 0 Å². The average molecular weight is 328 g/mol. The van der Waals surface area contributed by atoms with Crippen molar-refractivity contribution in [2.75, 3.05) is 13.1 Å². The van der Waals surface area contributed by atoms with Gasteiger partial charge in [0, 0.05) is 12.6 Å². The van der Waals surface area contributed by atoms with E-state index < -0.39 is 0 Å². The molecule has 19 heavy (non-hydrogen) atoms. The van der Waals surface area contributed by atoms with Gasteiger partial charge in [-0.25, -0.2) is 4.98 Å². The fourth-order valence-electron chi connectivity index (χ4n) is 1.56. The Morgan fingerprint density at radius 3 is 2.63 bits per heavy atom. The Kier molecular flexibility index (Phi) is 5.95. The van der Waals surface area contributed by atoms with Gasteiger partial charge in [-0.3, -0.25) is 9.59 Å². The molecule has 0 aliphatic carbocycles. The van der Waals surface area contributed by atoms with Gasteiger partial charge in [-0.1, -0.05) is 6.07 Å². The van der Waals surface area contributed by atoms with Crippen LogP contribution in [0.5, 0.6) is 0 Å². The molecular formula is C13H18BrN3O2. The zero-order valence-corrected chi connectivity index (χ0v) is 12.9. The van der Waals surface area contributed by atoms with Gasteiger partial charge in [0.1, 0.15) is 10.3 Å². The summed E-state index contributed by atoms with van der Waals surface area (Å²) in [4.78, 5) is 29.5. The Bertz CT molecular complexity index is 463. The molecule has 1 N–H and O–H groups in total. The average Bonchev–Trinajstić information content (AvgIpc) is 2.34. The van der Waals surface area contributed by atoms with Crippen molar-refractivity contribution in [1.29, 1.82) is 0 Å². The number of hydrogen-bond acceptors (Lipinski definition) is 3. The fourth-order valence-corrected chi connectivity index (χ4v) is 1.90. The van der Waals surface area contributed by atoms with Gasteiger partial charge in [0.15, 0.2) is 0 Å². The standard InChI is InChI=1S/C13H18BrN3O2/c1-4-17(8-12(18)15-9(2)3)13(19)10-6-5-7-11(14)16-10/h5-7,9H,4,8H2,1-3H3,(H,15,18). The zero-order chi connectivity index (χ0) is 14.4. The highest BCUT2D eigenvalue weighted by Gasteiger charge is 2.18. The lowest BCUT2D eigenvalue weighted by molar-refractivity contribution is -0.122. The number of halogens is 1. The minimum Gasteiger partial charge on any atom is -0.352 e. The van der Waals surface area contributed by atoms with Crippen LogP contribution in [0.2, 0.25) is 0 Å². The van der Waals surface area contributed by atoms with Gasteiger partial charge in [0.2, 0.25) is 5.91 Å². The van der Waals surface area contributed by atoms with E-state index in [4.69, 9.17) is 0 Å². The number of nitrogens with zero attached hydrogens (tertiary/aromatic N) is 2. The summed E-state index contributed by atoms with van der Waals surface area (Å²) < 4.78 is 0.598. The molecular weight excluding hydrogens is 310 g/mol. The third kappa shape index (κ3) is 4.98. The molecule has 0 unspecified atom stereocenters. The van der Waals surface area contributed by atoms with E-state index in [0.717, 1.165) is 0 Å². The van der Waals surface area contributed by atoms with E-state index in [1.165, 1.54) is 4.90 Å². The summed E-state index contributed by atoms with van der Waals surface area (Å²) in [6.45, 7) is 6.09. The molecule has 0 radical (unpaired) electrons. The monoisotopic (exact) mass is 327 g/mol. The van der Waals surface area contributed by atoms with Crippen LogP contribution in [0.4, 0.5) is 0 Å². The first-order valence-corrected chi connectivity index (χ1v) is 6.94. The second kappa shape index (κ2) is 7.23. The molecule has 0 aromatic carbocycles. The molecule has 0 atom stereocenters. The number of likely N-dealkylation sites (N-methyl/N-ethyl adjacent to an activating group) is 1. The molecule has 0 aliphatic rings. The molecule has 1 aromatic heterocycles. The summed E-state index contributed by atoms with van der Waals surface area (Å²) in [5.74, 6) is -0.414. The molecule has 1 rings (SSSR count). The van der Waals surface area contributed by atoms with E-state index in [9.17, 15) is 9.59 Å². The second-order valence-corrected chi connectivity index (χ2v) is 5.20. The van der Waals surface area contributed by atoms with Crippen molar-refractivity contribution in [2.24, 2.45) is 0 Å². The Morgan fingerprint density at radius 2 is 2.11 bits per heavy atom. The van der Waals surface area contributed by atoms with Gasteiger partial charge < -0.3 is 10.2 Å². The van der Waals surface area contributed by atoms with Gasteiger partial charge in [0.25, 0.3) is 5.91 Å². The predicted octanol–water partition coefficient (Wildman–Crippen LogP) is 1.83. The topological polar surface area (TPSA) is 62.3 Å². The maximum atomic E-state index is 12.2. The smallest absolute Gasteiger partial charge is 0.272 e. The molecule has 0 fully saturated rings. The molecule has 0 saturated heterocycles. The number of nitrogens with one attached hydrogen (secondary N) is 1. The molecule has 0 spiro atoms. The number of amides is 2. The Morgan fingerprint density at radius 1 is 1.42 bits per heavy atom. The molecule has 0 aliphatic heterocycles. The summed E-state index contributed by atoms with van der Waals surface area (Å²) in [5.41, 5.74) is 0.327. The normalized spacial score (nSPS) is 10.4. The van der Waals surface area contributed by atoms with Crippen molar-refractivity contribution in [2.45, 2.75) is 26.8 Å². The first-order chi connectivity index (χ1) is 8.93. The van der Waals surface area contributed by atoms with Crippen LogP contribution in [0.1, 0.15) is 31.3 Å². The van der Waals surface area contributed by atoms with Crippen LogP contribution in [0.25, 0.3) is 0 Å². The SMILES string of the molecule is CCN(CC(=O)NC(C)C)C(=O)c1cccc(Br)n1. The van der Waals surface area contributed by atoms with E-state index in [0.29, 0.717) is 16.8 Å². The van der Waals surface area contributed by atoms with Crippen LogP contribution < -0.4 is 5.32 Å². The van der Waals surface area contributed by atoms with Crippen LogP contribution in [-0.4, -0.2) is 40.8 Å². The number of rotatable bonds is 5. The maximum absolute atomic E-state index is 12.2. The van der Waals surface area contributed by atoms with Crippen LogP contribution in [0, 0.1) is 0 Å². The van der Waals surface area contributed by atoms with E-state index >= 15 is 0 Å². The first-order valence-electron chi connectivity index (χ1n) is 6.15. The number of hydrogen-bond donors (Lipinski definition) is 1. The minimum atomic E-state index is -0.247. The highest BCUT2D eigenvalue weighted by Crippen LogP contribution is 2.08. The Balaban J connectivity index is 2.74. The second-order valence-electron chi connectivity index (χ2n) is 4.39. The molecule has 0 saturated carbocycles. The summed E-state index contributed by atoms with van der Waals surface area (Å²) in [7, 11) is 0. The summed E-state index contributed by atoms with van der Waals surface area (Å²) in [6, 6.07) is 5.19. The molecule has 104 valence electrons. The number of aromatic nitrogens is 1. The lowest BCUT2D eigenvalue weighted by atomic mass is 10.3. The van der Waals surface area contributed by atoms with Crippen molar-refractivity contribution in [1.82, 2.24) is 15.2 Å². The predicted molar refractivity (Wildman–Crippen MR) is 76.8 cm³/mol. The first kappa shape index (κ1) is 15.6. The number of carbonyl (C=O) groups is 2. The number of pyridine rings is 1. The fraction of sp³-hybridized carbons (Fsp3) is 0.462. The molecule has 2 amide bonds. The van der Waals surface area contributed by atoms with E-state index in [-0.39, 0.29) is 24.4 Å². The van der Waals surface area contributed by atoms with Crippen molar-refractivity contribution in [3.63, 3.8) is 0 Å². The third-order valence-electron chi connectivity index (χ3n) is 2.39. The summed E-state index contributed by atoms with van der Waals surface area (Å²) >= 11 is 3.22. The summed E-state index contributed by atoms with van der Waals surface area (Å²) in [5, 5.41) is 2.76. The maximum Gasteiger partial charge on any atom is 0.272 e. The van der Waals surface area contributed by atoms with Crippen LogP contribution in [-0.2, 0) is 4.79 Å². The van der Waals surface area contributed by atoms with Crippen molar-refractivity contribution in [3.05, 3.63) is 28.5 Å². The quantitative estimate of drug-likeness (QED) is 0.839. The van der Waals surface area contributed by atoms with Crippen LogP contribution >= 0.6 is 15.9 Å². The highest BCUT2D eigenvalue weighted by molar-refractivity contribution is 9.10. The lowest BCUT2D eigenvalue weighted by Crippen LogP contribution is -2.42. The molecule has 1 aromatic rings. The molecule has 0 bridgehead atoms. The van der Waals surface area contributed by atoms with Gasteiger partial charge in [0.05, 0.1) is 6.54 Å². The van der Waals surface area contributed by atoms with Crippen molar-refractivity contribution < 1.29 is 9.59 Å². The summed E-state index contributed by atoms with van der Waals surface area (Å²) in [6.07, 6.45) is 0. The van der Waals surface area contributed by atoms with Gasteiger partial charge in [-0.15, -0.1) is 0 Å². The van der Waals surface area contributed by atoms with Gasteiger partial charge in [-0.2, -0.15) is 0 Å². The zero-order valence-electron chi connectivity index (χ0n) is 11.3. The van der Waals surface area contributed by atoms with Crippen LogP contribution in [0.15, 0.2) is 22.8 Å². The largest absolute Gasteiger partial charge is 0.352 e. The molecule has 1 heterocycles. The van der Waals surface area contributed by atoms with Crippen molar-refractivity contribution >= 4 is 27.7 Å². The van der Waals surface area contributed by atoms with Crippen LogP contribution in [0.3, 0.4) is 0 Å². The molecule has 5 nitrogen and oxygen atoms in total. The lowest BCUT2D eigenvalue weighted by Gasteiger charge is -2.20. The van der Waals surface area contributed by atoms with E-state index in [2.05, 4.69) is 26.2 Å². The van der Waals surface area contributed by atoms with Gasteiger partial charge in [-0.05, 0) is 48.8 Å². The van der Waals surface area contributed by atoms with Crippen molar-refractivity contribution in [3.8, 4) is 0 Å². The highest BCUT2D eigenvalue weighted by atomic mass is 79.9. The van der Waals surface area contributed by atoms with E-state index in [1.807, 2.05) is 20.8 Å². The Labute approximate surface area is 121 Å². The Hall–Kier alpha value is -1.43. The molecule has 6 heteroatoms. The van der Waals surface area contributed by atoms with E-state index in [1.54, 1.807) is 18.2 Å².